The highest BCUT2D eigenvalue weighted by Crippen LogP contribution is 2.41. The first-order chi connectivity index (χ1) is 16.7. The van der Waals surface area contributed by atoms with Crippen LogP contribution in [-0.4, -0.2) is 55.3 Å². The highest BCUT2D eigenvalue weighted by molar-refractivity contribution is 6.50. The summed E-state index contributed by atoms with van der Waals surface area (Å²) in [5.41, 5.74) is 0.510. The fourth-order valence-corrected chi connectivity index (χ4v) is 3.55. The van der Waals surface area contributed by atoms with Gasteiger partial charge in [0.2, 0.25) is 17.3 Å². The molecule has 184 valence electrons. The predicted octanol–water partition coefficient (Wildman–Crippen LogP) is 3.69. The van der Waals surface area contributed by atoms with Gasteiger partial charge in [-0.2, -0.15) is 0 Å². The quantitative estimate of drug-likeness (QED) is 0.225. The second-order valence-corrected chi connectivity index (χ2v) is 7.61. The average Bonchev–Trinajstić information content (AvgIpc) is 2.89. The number of phenolic OH excluding ortho intramolecular Hbond substituents is 3. The van der Waals surface area contributed by atoms with Crippen LogP contribution in [0.4, 0.5) is 0 Å². The first-order valence-electron chi connectivity index (χ1n) is 10.5. The Kier molecular flexibility index (Phi) is 7.70. The lowest BCUT2D eigenvalue weighted by atomic mass is 9.95. The molecule has 0 aliphatic heterocycles. The summed E-state index contributed by atoms with van der Waals surface area (Å²) in [5, 5.41) is 30.9. The van der Waals surface area contributed by atoms with Gasteiger partial charge in [-0.15, -0.1) is 0 Å². The Bertz CT molecular complexity index is 1220. The summed E-state index contributed by atoms with van der Waals surface area (Å²) in [5.74, 6) is -2.62. The summed E-state index contributed by atoms with van der Waals surface area (Å²) in [4.78, 5) is 25.9. The first-order valence-corrected chi connectivity index (χ1v) is 10.5. The van der Waals surface area contributed by atoms with Gasteiger partial charge >= 0.3 is 0 Å². The molecular formula is C26H26O9. The molecule has 0 atom stereocenters. The first kappa shape index (κ1) is 25.2. The van der Waals surface area contributed by atoms with E-state index in [1.165, 1.54) is 52.7 Å². The lowest BCUT2D eigenvalue weighted by Gasteiger charge is -2.13. The number of benzene rings is 3. The molecule has 0 unspecified atom stereocenters. The van der Waals surface area contributed by atoms with Gasteiger partial charge in [0, 0.05) is 17.7 Å². The predicted molar refractivity (Wildman–Crippen MR) is 127 cm³/mol. The number of phenols is 3. The Hall–Kier alpha value is -4.40. The fraction of sp³-hybridized carbons (Fsp3) is 0.231. The third-order valence-corrected chi connectivity index (χ3v) is 5.49. The molecule has 0 spiro atoms. The number of aromatic hydroxyl groups is 3. The summed E-state index contributed by atoms with van der Waals surface area (Å²) >= 11 is 0. The lowest BCUT2D eigenvalue weighted by Crippen LogP contribution is -2.15. The summed E-state index contributed by atoms with van der Waals surface area (Å²) in [7, 11) is 5.85. The smallest absolute Gasteiger partial charge is 0.237 e. The molecule has 0 aromatic heterocycles. The van der Waals surface area contributed by atoms with E-state index in [4.69, 9.17) is 18.9 Å². The summed E-state index contributed by atoms with van der Waals surface area (Å²) in [6.07, 6.45) is 0.553. The molecule has 3 aromatic carbocycles. The molecule has 0 amide bonds. The van der Waals surface area contributed by atoms with Gasteiger partial charge in [0.25, 0.3) is 0 Å². The van der Waals surface area contributed by atoms with Gasteiger partial charge in [0.05, 0.1) is 34.0 Å². The zero-order chi connectivity index (χ0) is 25.7. The van der Waals surface area contributed by atoms with E-state index in [2.05, 4.69) is 0 Å². The van der Waals surface area contributed by atoms with Crippen LogP contribution >= 0.6 is 0 Å². The molecule has 0 saturated heterocycles. The number of rotatable bonds is 10. The Balaban J connectivity index is 1.94. The van der Waals surface area contributed by atoms with Gasteiger partial charge in [0.15, 0.2) is 11.5 Å². The van der Waals surface area contributed by atoms with Crippen LogP contribution in [0.5, 0.6) is 40.2 Å². The number of methoxy groups -OCH3 is 4. The van der Waals surface area contributed by atoms with Crippen molar-refractivity contribution in [3.05, 3.63) is 64.7 Å². The zero-order valence-electron chi connectivity index (χ0n) is 19.7. The number of carbonyl (C=O) groups excluding carboxylic acids is 2. The number of hydrogen-bond donors (Lipinski definition) is 3. The van der Waals surface area contributed by atoms with Crippen LogP contribution in [-0.2, 0) is 12.8 Å². The highest BCUT2D eigenvalue weighted by Gasteiger charge is 2.27. The van der Waals surface area contributed by atoms with Crippen LogP contribution in [0.15, 0.2) is 42.5 Å². The maximum atomic E-state index is 13.0. The zero-order valence-corrected chi connectivity index (χ0v) is 19.7. The van der Waals surface area contributed by atoms with E-state index in [1.54, 1.807) is 18.2 Å². The second-order valence-electron chi connectivity index (χ2n) is 7.61. The molecule has 3 aromatic rings. The maximum Gasteiger partial charge on any atom is 0.237 e. The number of aryl methyl sites for hydroxylation is 2. The van der Waals surface area contributed by atoms with Crippen LogP contribution in [0.1, 0.15) is 31.8 Å². The number of ether oxygens (including phenoxy) is 4. The van der Waals surface area contributed by atoms with Gasteiger partial charge in [-0.25, -0.2) is 0 Å². The number of hydrogen-bond acceptors (Lipinski definition) is 9. The number of ketones is 2. The molecule has 0 saturated carbocycles. The normalized spacial score (nSPS) is 10.5. The minimum absolute atomic E-state index is 0.0248. The second kappa shape index (κ2) is 10.7. The number of carbonyl (C=O) groups is 2. The van der Waals surface area contributed by atoms with Crippen molar-refractivity contribution in [3.8, 4) is 40.2 Å². The van der Waals surface area contributed by atoms with E-state index in [0.29, 0.717) is 29.4 Å². The Labute approximate surface area is 202 Å². The SMILES string of the molecule is COc1cc(CCc2cc(C(=O)C(=O)c3cc(OC)cc(OC)c3)c(O)c(O)c2O)cc(OC)c1. The summed E-state index contributed by atoms with van der Waals surface area (Å²) < 4.78 is 20.8. The molecule has 35 heavy (non-hydrogen) atoms. The molecule has 0 bridgehead atoms. The molecule has 0 aliphatic carbocycles. The maximum absolute atomic E-state index is 13.0. The standard InChI is InChI=1S/C26H26O9/c1-32-17-7-14(8-18(12-17)33-2)5-6-15-11-21(25(30)26(31)22(15)27)24(29)23(28)16-9-19(34-3)13-20(10-16)35-4/h7-13,27,30-31H,5-6H2,1-4H3. The van der Waals surface area contributed by atoms with Crippen LogP contribution < -0.4 is 18.9 Å². The van der Waals surface area contributed by atoms with Gasteiger partial charge in [-0.05, 0) is 54.3 Å². The molecule has 0 radical (unpaired) electrons. The van der Waals surface area contributed by atoms with E-state index in [1.807, 2.05) is 0 Å². The molecule has 0 fully saturated rings. The van der Waals surface area contributed by atoms with Gasteiger partial charge in [-0.3, -0.25) is 9.59 Å². The highest BCUT2D eigenvalue weighted by atomic mass is 16.5. The molecule has 3 N–H and O–H groups in total. The van der Waals surface area contributed by atoms with E-state index >= 15 is 0 Å². The molecule has 9 heteroatoms. The summed E-state index contributed by atoms with van der Waals surface area (Å²) in [6, 6.07) is 10.7. The minimum Gasteiger partial charge on any atom is -0.504 e. The van der Waals surface area contributed by atoms with Gasteiger partial charge < -0.3 is 34.3 Å². The monoisotopic (exact) mass is 482 g/mol. The van der Waals surface area contributed by atoms with Gasteiger partial charge in [-0.1, -0.05) is 0 Å². The molecule has 0 heterocycles. The molecule has 9 nitrogen and oxygen atoms in total. The van der Waals surface area contributed by atoms with Gasteiger partial charge in [0.1, 0.15) is 23.0 Å². The third kappa shape index (κ3) is 5.40. The van der Waals surface area contributed by atoms with Crippen molar-refractivity contribution in [2.24, 2.45) is 0 Å². The van der Waals surface area contributed by atoms with Crippen molar-refractivity contribution < 1.29 is 43.9 Å². The van der Waals surface area contributed by atoms with Crippen molar-refractivity contribution in [3.63, 3.8) is 0 Å². The van der Waals surface area contributed by atoms with E-state index in [-0.39, 0.29) is 17.5 Å². The Morgan fingerprint density at radius 3 is 1.57 bits per heavy atom. The van der Waals surface area contributed by atoms with Crippen LogP contribution in [0.25, 0.3) is 0 Å². The van der Waals surface area contributed by atoms with Crippen LogP contribution in [0.2, 0.25) is 0 Å². The van der Waals surface area contributed by atoms with Crippen LogP contribution in [0.3, 0.4) is 0 Å². The van der Waals surface area contributed by atoms with Crippen molar-refractivity contribution in [1.82, 2.24) is 0 Å². The fourth-order valence-electron chi connectivity index (χ4n) is 3.55. The van der Waals surface area contributed by atoms with Crippen LogP contribution in [0, 0.1) is 0 Å². The van der Waals surface area contributed by atoms with Crippen molar-refractivity contribution in [2.75, 3.05) is 28.4 Å². The Morgan fingerprint density at radius 2 is 1.09 bits per heavy atom. The third-order valence-electron chi connectivity index (χ3n) is 5.49. The molecular weight excluding hydrogens is 456 g/mol. The largest absolute Gasteiger partial charge is 0.504 e. The van der Waals surface area contributed by atoms with Crippen molar-refractivity contribution in [2.45, 2.75) is 12.8 Å². The van der Waals surface area contributed by atoms with E-state index < -0.39 is 34.4 Å². The topological polar surface area (TPSA) is 132 Å². The summed E-state index contributed by atoms with van der Waals surface area (Å²) in [6.45, 7) is 0. The molecule has 0 aliphatic rings. The van der Waals surface area contributed by atoms with E-state index in [9.17, 15) is 24.9 Å². The molecule has 3 rings (SSSR count). The minimum atomic E-state index is -1.07. The number of Topliss-reactive ketones (excluding diaryl/α,β-unsaturated/α-hetero) is 2. The van der Waals surface area contributed by atoms with E-state index in [0.717, 1.165) is 5.56 Å². The van der Waals surface area contributed by atoms with Crippen molar-refractivity contribution >= 4 is 11.6 Å². The lowest BCUT2D eigenvalue weighted by molar-refractivity contribution is 0.0814. The Morgan fingerprint density at radius 1 is 0.600 bits per heavy atom. The van der Waals surface area contributed by atoms with Crippen molar-refractivity contribution in [1.29, 1.82) is 0 Å². The average molecular weight is 482 g/mol.